The van der Waals surface area contributed by atoms with Gasteiger partial charge in [-0.1, -0.05) is 13.0 Å². The summed E-state index contributed by atoms with van der Waals surface area (Å²) in [5.74, 6) is 0.602. The third-order valence-electron chi connectivity index (χ3n) is 4.43. The molecule has 1 heterocycles. The Kier molecular flexibility index (Phi) is 5.12. The van der Waals surface area contributed by atoms with Crippen molar-refractivity contribution in [3.05, 3.63) is 29.3 Å². The first-order valence-electron chi connectivity index (χ1n) is 7.26. The Labute approximate surface area is 122 Å². The monoisotopic (exact) mass is 280 g/mol. The number of halogens is 1. The highest BCUT2D eigenvalue weighted by molar-refractivity contribution is 6.17. The Hall–Kier alpha value is -0.730. The van der Waals surface area contributed by atoms with E-state index in [1.165, 1.54) is 49.3 Å². The summed E-state index contributed by atoms with van der Waals surface area (Å²) in [5.41, 5.74) is 3.85. The van der Waals surface area contributed by atoms with Crippen molar-refractivity contribution in [3.8, 4) is 0 Å². The fraction of sp³-hybridized carbons (Fsp3) is 0.625. The van der Waals surface area contributed by atoms with Crippen LogP contribution in [0.2, 0.25) is 0 Å². The minimum Gasteiger partial charge on any atom is -0.372 e. The van der Waals surface area contributed by atoms with Gasteiger partial charge in [0.15, 0.2) is 0 Å². The number of likely N-dealkylation sites (tertiary alicyclic amines) is 1. The highest BCUT2D eigenvalue weighted by Crippen LogP contribution is 2.24. The van der Waals surface area contributed by atoms with Gasteiger partial charge in [-0.2, -0.15) is 0 Å². The third-order valence-corrected chi connectivity index (χ3v) is 4.72. The van der Waals surface area contributed by atoms with Crippen molar-refractivity contribution in [1.82, 2.24) is 4.90 Å². The van der Waals surface area contributed by atoms with Crippen LogP contribution in [-0.4, -0.2) is 37.6 Å². The molecule has 0 spiro atoms. The number of hydrogen-bond donors (Lipinski definition) is 0. The van der Waals surface area contributed by atoms with E-state index >= 15 is 0 Å². The fourth-order valence-corrected chi connectivity index (χ4v) is 3.18. The predicted octanol–water partition coefficient (Wildman–Crippen LogP) is 3.65. The van der Waals surface area contributed by atoms with E-state index in [1.54, 1.807) is 0 Å². The second-order valence-electron chi connectivity index (χ2n) is 5.52. The van der Waals surface area contributed by atoms with Crippen LogP contribution in [0.1, 0.15) is 30.9 Å². The predicted molar refractivity (Wildman–Crippen MR) is 84.3 cm³/mol. The highest BCUT2D eigenvalue weighted by atomic mass is 35.5. The first kappa shape index (κ1) is 14.7. The van der Waals surface area contributed by atoms with Gasteiger partial charge in [0.2, 0.25) is 0 Å². The number of alkyl halides is 1. The molecule has 0 radical (unpaired) electrons. The van der Waals surface area contributed by atoms with Crippen molar-refractivity contribution in [2.75, 3.05) is 31.6 Å². The quantitative estimate of drug-likeness (QED) is 0.777. The van der Waals surface area contributed by atoms with E-state index in [-0.39, 0.29) is 0 Å². The van der Waals surface area contributed by atoms with Gasteiger partial charge in [-0.05, 0) is 49.6 Å². The lowest BCUT2D eigenvalue weighted by molar-refractivity contribution is 0.221. The molecule has 3 heteroatoms. The lowest BCUT2D eigenvalue weighted by Crippen LogP contribution is -2.43. The Morgan fingerprint density at radius 2 is 2.00 bits per heavy atom. The molecule has 2 rings (SSSR count). The van der Waals surface area contributed by atoms with Crippen molar-refractivity contribution in [2.24, 2.45) is 0 Å². The zero-order chi connectivity index (χ0) is 13.8. The molecule has 0 unspecified atom stereocenters. The van der Waals surface area contributed by atoms with E-state index in [0.29, 0.717) is 11.9 Å². The summed E-state index contributed by atoms with van der Waals surface area (Å²) in [6.07, 6.45) is 2.53. The molecular formula is C16H25ClN2. The van der Waals surface area contributed by atoms with Gasteiger partial charge in [0, 0.05) is 37.7 Å². The maximum atomic E-state index is 5.93. The van der Waals surface area contributed by atoms with E-state index in [2.05, 4.69) is 48.9 Å². The largest absolute Gasteiger partial charge is 0.372 e. The molecule has 1 aromatic rings. The van der Waals surface area contributed by atoms with Gasteiger partial charge >= 0.3 is 0 Å². The molecule has 2 nitrogen and oxygen atoms in total. The summed E-state index contributed by atoms with van der Waals surface area (Å²) in [5, 5.41) is 0. The summed E-state index contributed by atoms with van der Waals surface area (Å²) in [4.78, 5) is 4.98. The van der Waals surface area contributed by atoms with E-state index in [9.17, 15) is 0 Å². The van der Waals surface area contributed by atoms with E-state index in [4.69, 9.17) is 11.6 Å². The number of anilines is 1. The Morgan fingerprint density at radius 3 is 2.53 bits per heavy atom. The number of benzene rings is 1. The highest BCUT2D eigenvalue weighted by Gasteiger charge is 2.21. The molecule has 0 aliphatic carbocycles. The average molecular weight is 281 g/mol. The molecule has 1 saturated heterocycles. The number of hydrogen-bond acceptors (Lipinski definition) is 2. The van der Waals surface area contributed by atoms with E-state index in [1.807, 2.05) is 0 Å². The fourth-order valence-electron chi connectivity index (χ4n) is 2.88. The Bertz CT molecular complexity index is 411. The van der Waals surface area contributed by atoms with Crippen LogP contribution in [-0.2, 0) is 5.88 Å². The van der Waals surface area contributed by atoms with Crippen molar-refractivity contribution >= 4 is 17.3 Å². The molecule has 0 saturated carbocycles. The first-order chi connectivity index (χ1) is 9.15. The molecule has 19 heavy (non-hydrogen) atoms. The summed E-state index contributed by atoms with van der Waals surface area (Å²) >= 11 is 5.93. The van der Waals surface area contributed by atoms with Crippen molar-refractivity contribution < 1.29 is 0 Å². The zero-order valence-corrected chi connectivity index (χ0v) is 13.1. The summed E-state index contributed by atoms with van der Waals surface area (Å²) in [7, 11) is 2.22. The van der Waals surface area contributed by atoms with Crippen LogP contribution in [0.5, 0.6) is 0 Å². The minimum absolute atomic E-state index is 0.602. The Morgan fingerprint density at radius 1 is 1.32 bits per heavy atom. The number of nitrogens with zero attached hydrogens (tertiary/aromatic N) is 2. The van der Waals surface area contributed by atoms with Gasteiger partial charge in [-0.25, -0.2) is 0 Å². The molecule has 0 N–H and O–H groups in total. The minimum atomic E-state index is 0.602. The van der Waals surface area contributed by atoms with Crippen LogP contribution < -0.4 is 4.90 Å². The summed E-state index contributed by atoms with van der Waals surface area (Å²) in [6.45, 7) is 8.03. The van der Waals surface area contributed by atoms with Gasteiger partial charge in [0.25, 0.3) is 0 Å². The molecule has 0 bridgehead atoms. The smallest absolute Gasteiger partial charge is 0.0476 e. The molecule has 1 aliphatic heterocycles. The maximum Gasteiger partial charge on any atom is 0.0476 e. The number of rotatable bonds is 4. The summed E-state index contributed by atoms with van der Waals surface area (Å²) < 4.78 is 0. The molecule has 1 aliphatic rings. The van der Waals surface area contributed by atoms with Crippen molar-refractivity contribution in [1.29, 1.82) is 0 Å². The third kappa shape index (κ3) is 3.43. The van der Waals surface area contributed by atoms with Gasteiger partial charge in [0.1, 0.15) is 0 Å². The van der Waals surface area contributed by atoms with E-state index < -0.39 is 0 Å². The van der Waals surface area contributed by atoms with Gasteiger partial charge in [-0.3, -0.25) is 0 Å². The molecule has 1 fully saturated rings. The van der Waals surface area contributed by atoms with Crippen LogP contribution in [0.4, 0.5) is 5.69 Å². The Balaban J connectivity index is 2.03. The molecule has 1 aromatic carbocycles. The lowest BCUT2D eigenvalue weighted by Gasteiger charge is -2.37. The van der Waals surface area contributed by atoms with Crippen LogP contribution in [0.15, 0.2) is 18.2 Å². The SMILES string of the molecule is CCN1CCC(N(C)c2ccc(CCl)c(C)c2)CC1. The molecule has 106 valence electrons. The number of aryl methyl sites for hydroxylation is 1. The van der Waals surface area contributed by atoms with Crippen molar-refractivity contribution in [3.63, 3.8) is 0 Å². The van der Waals surface area contributed by atoms with Gasteiger partial charge < -0.3 is 9.80 Å². The van der Waals surface area contributed by atoms with Crippen LogP contribution in [0.25, 0.3) is 0 Å². The van der Waals surface area contributed by atoms with Crippen molar-refractivity contribution in [2.45, 2.75) is 38.6 Å². The second kappa shape index (κ2) is 6.62. The normalized spacial score (nSPS) is 17.7. The van der Waals surface area contributed by atoms with Crippen LogP contribution >= 0.6 is 11.6 Å². The second-order valence-corrected chi connectivity index (χ2v) is 5.79. The molecule has 0 amide bonds. The molecular weight excluding hydrogens is 256 g/mol. The first-order valence-corrected chi connectivity index (χ1v) is 7.79. The lowest BCUT2D eigenvalue weighted by atomic mass is 10.0. The van der Waals surface area contributed by atoms with Gasteiger partial charge in [-0.15, -0.1) is 11.6 Å². The molecule has 0 aromatic heterocycles. The van der Waals surface area contributed by atoms with Gasteiger partial charge in [0.05, 0.1) is 0 Å². The summed E-state index contributed by atoms with van der Waals surface area (Å²) in [6, 6.07) is 7.31. The average Bonchev–Trinajstić information content (AvgIpc) is 2.46. The van der Waals surface area contributed by atoms with Crippen LogP contribution in [0, 0.1) is 6.92 Å². The zero-order valence-electron chi connectivity index (χ0n) is 12.3. The van der Waals surface area contributed by atoms with E-state index in [0.717, 1.165) is 0 Å². The molecule has 0 atom stereocenters. The maximum absolute atomic E-state index is 5.93. The topological polar surface area (TPSA) is 6.48 Å². The van der Waals surface area contributed by atoms with Crippen LogP contribution in [0.3, 0.4) is 0 Å². The standard InChI is InChI=1S/C16H25ClN2/c1-4-19-9-7-15(8-10-19)18(3)16-6-5-14(12-17)13(2)11-16/h5-6,11,15H,4,7-10,12H2,1-3H3. The number of piperidine rings is 1.